The summed E-state index contributed by atoms with van der Waals surface area (Å²) in [6.07, 6.45) is 5.00. The number of fused-ring (bicyclic) bond motifs is 1. The first-order chi connectivity index (χ1) is 13.7. The summed E-state index contributed by atoms with van der Waals surface area (Å²) in [6, 6.07) is 14.8. The van der Waals surface area contributed by atoms with E-state index >= 15 is 0 Å². The Morgan fingerprint density at radius 1 is 1.00 bits per heavy atom. The van der Waals surface area contributed by atoms with Gasteiger partial charge in [-0.3, -0.25) is 9.59 Å². The minimum atomic E-state index is -0.304. The van der Waals surface area contributed by atoms with E-state index in [1.165, 1.54) is 0 Å². The second-order valence-electron chi connectivity index (χ2n) is 6.46. The summed E-state index contributed by atoms with van der Waals surface area (Å²) in [7, 11) is 0. The largest absolute Gasteiger partial charge is 0.449 e. The Morgan fingerprint density at radius 2 is 1.71 bits per heavy atom. The third kappa shape index (κ3) is 3.97. The molecular weight excluding hydrogens is 356 g/mol. The van der Waals surface area contributed by atoms with E-state index in [0.717, 1.165) is 11.1 Å². The van der Waals surface area contributed by atoms with Crippen LogP contribution in [0.2, 0.25) is 0 Å². The molecule has 2 amide bonds. The minimum absolute atomic E-state index is 0.0497. The average Bonchev–Trinajstić information content (AvgIpc) is 2.74. The van der Waals surface area contributed by atoms with Gasteiger partial charge in [-0.25, -0.2) is 0 Å². The van der Waals surface area contributed by atoms with Crippen LogP contribution in [0.25, 0.3) is 12.2 Å². The van der Waals surface area contributed by atoms with Gasteiger partial charge in [0.2, 0.25) is 5.91 Å². The number of nitrogens with one attached hydrogen (secondary N) is 1. The van der Waals surface area contributed by atoms with Gasteiger partial charge in [0, 0.05) is 19.2 Å². The molecule has 0 bridgehead atoms. The maximum atomic E-state index is 12.4. The van der Waals surface area contributed by atoms with E-state index in [2.05, 4.69) is 5.32 Å². The summed E-state index contributed by atoms with van der Waals surface area (Å²) < 4.78 is 11.0. The summed E-state index contributed by atoms with van der Waals surface area (Å²) in [4.78, 5) is 26.5. The SMILES string of the molecule is O=C1Nc2ccccc2O/C1=C\c1ccccc1/C=C/C(=O)N1CCOCC1. The van der Waals surface area contributed by atoms with Gasteiger partial charge in [-0.05, 0) is 35.4 Å². The molecule has 1 saturated heterocycles. The molecule has 0 aromatic heterocycles. The molecule has 2 heterocycles. The standard InChI is InChI=1S/C22H20N2O4/c25-21(24-11-13-27-14-12-24)10-9-16-5-1-2-6-17(16)15-20-22(26)23-18-7-3-4-8-19(18)28-20/h1-10,15H,11-14H2,(H,23,26)/b10-9+,20-15-. The second-order valence-corrected chi connectivity index (χ2v) is 6.46. The molecule has 0 radical (unpaired) electrons. The van der Waals surface area contributed by atoms with Crippen molar-refractivity contribution in [3.63, 3.8) is 0 Å². The molecule has 2 aromatic carbocycles. The monoisotopic (exact) mass is 376 g/mol. The first-order valence-corrected chi connectivity index (χ1v) is 9.14. The van der Waals surface area contributed by atoms with Gasteiger partial charge in [-0.2, -0.15) is 0 Å². The maximum absolute atomic E-state index is 12.4. The van der Waals surface area contributed by atoms with Crippen molar-refractivity contribution in [2.24, 2.45) is 0 Å². The number of rotatable bonds is 3. The van der Waals surface area contributed by atoms with Crippen molar-refractivity contribution in [2.75, 3.05) is 31.6 Å². The van der Waals surface area contributed by atoms with Crippen LogP contribution in [-0.2, 0) is 14.3 Å². The lowest BCUT2D eigenvalue weighted by Crippen LogP contribution is -2.39. The Morgan fingerprint density at radius 3 is 2.54 bits per heavy atom. The molecule has 0 unspecified atom stereocenters. The number of morpholine rings is 1. The molecule has 1 fully saturated rings. The molecule has 142 valence electrons. The summed E-state index contributed by atoms with van der Waals surface area (Å²) in [5, 5.41) is 2.82. The normalized spacial score (nSPS) is 17.9. The summed E-state index contributed by atoms with van der Waals surface area (Å²) >= 11 is 0. The Hall–Kier alpha value is -3.38. The van der Waals surface area contributed by atoms with Crippen LogP contribution in [0.3, 0.4) is 0 Å². The van der Waals surface area contributed by atoms with E-state index < -0.39 is 0 Å². The predicted molar refractivity (Wildman–Crippen MR) is 107 cm³/mol. The summed E-state index contributed by atoms with van der Waals surface area (Å²) in [5.74, 6) is 0.455. The Labute approximate surface area is 163 Å². The highest BCUT2D eigenvalue weighted by molar-refractivity contribution is 6.08. The van der Waals surface area contributed by atoms with Crippen LogP contribution >= 0.6 is 0 Å². The van der Waals surface area contributed by atoms with Gasteiger partial charge in [-0.1, -0.05) is 36.4 Å². The van der Waals surface area contributed by atoms with E-state index in [9.17, 15) is 9.59 Å². The lowest BCUT2D eigenvalue weighted by molar-refractivity contribution is -0.129. The first kappa shape index (κ1) is 18.0. The van der Waals surface area contributed by atoms with Crippen molar-refractivity contribution in [2.45, 2.75) is 0 Å². The first-order valence-electron chi connectivity index (χ1n) is 9.14. The van der Waals surface area contributed by atoms with Crippen molar-refractivity contribution in [3.05, 3.63) is 71.5 Å². The number of para-hydroxylation sites is 2. The molecular formula is C22H20N2O4. The molecule has 2 aliphatic rings. The Balaban J connectivity index is 1.56. The molecule has 0 aliphatic carbocycles. The highest BCUT2D eigenvalue weighted by atomic mass is 16.5. The highest BCUT2D eigenvalue weighted by Crippen LogP contribution is 2.31. The van der Waals surface area contributed by atoms with E-state index in [1.54, 1.807) is 35.3 Å². The van der Waals surface area contributed by atoms with Crippen LogP contribution in [0.5, 0.6) is 5.75 Å². The third-order valence-electron chi connectivity index (χ3n) is 4.59. The van der Waals surface area contributed by atoms with Crippen molar-refractivity contribution < 1.29 is 19.1 Å². The molecule has 4 rings (SSSR count). The zero-order valence-corrected chi connectivity index (χ0v) is 15.3. The van der Waals surface area contributed by atoms with E-state index in [-0.39, 0.29) is 17.6 Å². The van der Waals surface area contributed by atoms with E-state index in [0.29, 0.717) is 37.7 Å². The molecule has 0 atom stereocenters. The molecule has 0 spiro atoms. The predicted octanol–water partition coefficient (Wildman–Crippen LogP) is 2.93. The van der Waals surface area contributed by atoms with Gasteiger partial charge in [-0.15, -0.1) is 0 Å². The van der Waals surface area contributed by atoms with Crippen LogP contribution in [0.1, 0.15) is 11.1 Å². The van der Waals surface area contributed by atoms with Crippen molar-refractivity contribution >= 4 is 29.7 Å². The van der Waals surface area contributed by atoms with Crippen LogP contribution in [0.15, 0.2) is 60.4 Å². The number of nitrogens with zero attached hydrogens (tertiary/aromatic N) is 1. The lowest BCUT2D eigenvalue weighted by atomic mass is 10.1. The topological polar surface area (TPSA) is 67.9 Å². The summed E-state index contributed by atoms with van der Waals surface area (Å²) in [6.45, 7) is 2.33. The number of benzene rings is 2. The number of hydrogen-bond acceptors (Lipinski definition) is 4. The van der Waals surface area contributed by atoms with E-state index in [4.69, 9.17) is 9.47 Å². The fourth-order valence-electron chi connectivity index (χ4n) is 3.09. The van der Waals surface area contributed by atoms with Gasteiger partial charge in [0.1, 0.15) is 0 Å². The molecule has 28 heavy (non-hydrogen) atoms. The van der Waals surface area contributed by atoms with Crippen LogP contribution in [0.4, 0.5) is 5.69 Å². The number of carbonyl (C=O) groups is 2. The smallest absolute Gasteiger partial charge is 0.291 e. The van der Waals surface area contributed by atoms with Crippen molar-refractivity contribution in [1.29, 1.82) is 0 Å². The van der Waals surface area contributed by atoms with Gasteiger partial charge in [0.15, 0.2) is 11.5 Å². The average molecular weight is 376 g/mol. The van der Waals surface area contributed by atoms with Gasteiger partial charge < -0.3 is 19.7 Å². The Kier molecular flexibility index (Phi) is 5.21. The molecule has 6 heteroatoms. The number of carbonyl (C=O) groups excluding carboxylic acids is 2. The molecule has 2 aromatic rings. The quantitative estimate of drug-likeness (QED) is 0.837. The lowest BCUT2D eigenvalue weighted by Gasteiger charge is -2.25. The van der Waals surface area contributed by atoms with Crippen molar-refractivity contribution in [1.82, 2.24) is 4.90 Å². The number of anilines is 1. The zero-order chi connectivity index (χ0) is 19.3. The molecule has 6 nitrogen and oxygen atoms in total. The summed E-state index contributed by atoms with van der Waals surface area (Å²) in [5.41, 5.74) is 2.26. The molecule has 2 aliphatic heterocycles. The van der Waals surface area contributed by atoms with Gasteiger partial charge in [0.25, 0.3) is 5.91 Å². The number of amides is 2. The Bertz CT molecular complexity index is 959. The second kappa shape index (κ2) is 8.10. The fourth-order valence-corrected chi connectivity index (χ4v) is 3.09. The van der Waals surface area contributed by atoms with Gasteiger partial charge in [0.05, 0.1) is 18.9 Å². The van der Waals surface area contributed by atoms with Gasteiger partial charge >= 0.3 is 0 Å². The maximum Gasteiger partial charge on any atom is 0.291 e. The van der Waals surface area contributed by atoms with Crippen LogP contribution in [-0.4, -0.2) is 43.0 Å². The number of hydrogen-bond donors (Lipinski definition) is 1. The highest BCUT2D eigenvalue weighted by Gasteiger charge is 2.21. The zero-order valence-electron chi connectivity index (χ0n) is 15.3. The molecule has 0 saturated carbocycles. The van der Waals surface area contributed by atoms with Crippen LogP contribution < -0.4 is 10.1 Å². The third-order valence-corrected chi connectivity index (χ3v) is 4.59. The van der Waals surface area contributed by atoms with Crippen molar-refractivity contribution in [3.8, 4) is 5.75 Å². The number of ether oxygens (including phenoxy) is 2. The van der Waals surface area contributed by atoms with E-state index in [1.807, 2.05) is 36.4 Å². The fraction of sp³-hybridized carbons (Fsp3) is 0.182. The molecule has 1 N–H and O–H groups in total. The minimum Gasteiger partial charge on any atom is -0.449 e. The van der Waals surface area contributed by atoms with Crippen LogP contribution in [0, 0.1) is 0 Å².